The van der Waals surface area contributed by atoms with Crippen molar-refractivity contribution in [2.45, 2.75) is 33.1 Å². The van der Waals surface area contributed by atoms with Gasteiger partial charge in [0.05, 0.1) is 5.69 Å². The number of carbonyl (C=O) groups excluding carboxylic acids is 2. The Kier molecular flexibility index (Phi) is 6.14. The fourth-order valence-electron chi connectivity index (χ4n) is 2.67. The van der Waals surface area contributed by atoms with Gasteiger partial charge in [0.25, 0.3) is 0 Å². The quantitative estimate of drug-likeness (QED) is 0.569. The zero-order valence-corrected chi connectivity index (χ0v) is 16.3. The lowest BCUT2D eigenvalue weighted by Gasteiger charge is -2.03. The van der Waals surface area contributed by atoms with Crippen molar-refractivity contribution in [1.82, 2.24) is 4.98 Å². The highest BCUT2D eigenvalue weighted by molar-refractivity contribution is 7.14. The van der Waals surface area contributed by atoms with Crippen LogP contribution in [0.25, 0.3) is 11.3 Å². The molecular formula is C22H22N2O2S. The molecule has 1 heterocycles. The zero-order chi connectivity index (χ0) is 19.2. The van der Waals surface area contributed by atoms with E-state index < -0.39 is 0 Å². The van der Waals surface area contributed by atoms with Crippen LogP contribution in [0.3, 0.4) is 0 Å². The van der Waals surface area contributed by atoms with Crippen LogP contribution in [0.2, 0.25) is 0 Å². The van der Waals surface area contributed by atoms with E-state index >= 15 is 0 Å². The van der Waals surface area contributed by atoms with E-state index in [2.05, 4.69) is 29.4 Å². The van der Waals surface area contributed by atoms with Gasteiger partial charge in [-0.3, -0.25) is 9.59 Å². The molecule has 1 aromatic heterocycles. The third-order valence-electron chi connectivity index (χ3n) is 4.36. The number of ketones is 1. The van der Waals surface area contributed by atoms with Gasteiger partial charge in [-0.15, -0.1) is 11.3 Å². The molecule has 3 rings (SSSR count). The largest absolute Gasteiger partial charge is 0.302 e. The van der Waals surface area contributed by atoms with Gasteiger partial charge in [-0.25, -0.2) is 4.98 Å². The van der Waals surface area contributed by atoms with Crippen LogP contribution < -0.4 is 5.32 Å². The number of aryl methyl sites for hydroxylation is 2. The summed E-state index contributed by atoms with van der Waals surface area (Å²) in [6, 6.07) is 15.7. The number of thiazole rings is 1. The van der Waals surface area contributed by atoms with Gasteiger partial charge in [0, 0.05) is 29.3 Å². The van der Waals surface area contributed by atoms with Crippen molar-refractivity contribution in [1.29, 1.82) is 0 Å². The number of hydrogen-bond donors (Lipinski definition) is 1. The van der Waals surface area contributed by atoms with E-state index in [9.17, 15) is 9.59 Å². The highest BCUT2D eigenvalue weighted by Gasteiger charge is 2.11. The molecular weight excluding hydrogens is 356 g/mol. The summed E-state index contributed by atoms with van der Waals surface area (Å²) in [5.41, 5.74) is 4.89. The Morgan fingerprint density at radius 3 is 2.37 bits per heavy atom. The molecule has 0 spiro atoms. The molecule has 1 amide bonds. The molecule has 0 radical (unpaired) electrons. The first kappa shape index (κ1) is 19.0. The molecule has 4 nitrogen and oxygen atoms in total. The Bertz CT molecular complexity index is 928. The van der Waals surface area contributed by atoms with E-state index in [1.807, 2.05) is 36.6 Å². The second kappa shape index (κ2) is 8.73. The van der Waals surface area contributed by atoms with Gasteiger partial charge in [-0.1, -0.05) is 61.0 Å². The first-order valence-corrected chi connectivity index (χ1v) is 9.87. The third-order valence-corrected chi connectivity index (χ3v) is 5.12. The molecule has 0 unspecified atom stereocenters. The van der Waals surface area contributed by atoms with Gasteiger partial charge in [-0.2, -0.15) is 0 Å². The van der Waals surface area contributed by atoms with Crippen molar-refractivity contribution in [3.63, 3.8) is 0 Å². The summed E-state index contributed by atoms with van der Waals surface area (Å²) >= 11 is 1.39. The van der Waals surface area contributed by atoms with Crippen LogP contribution in [0.4, 0.5) is 5.13 Å². The molecule has 0 bridgehead atoms. The van der Waals surface area contributed by atoms with Gasteiger partial charge >= 0.3 is 0 Å². The molecule has 27 heavy (non-hydrogen) atoms. The number of carbonyl (C=O) groups is 2. The standard InChI is InChI=1S/C22H22N2O2S/c1-3-16-6-10-17(11-7-16)19-14-27-22(23-19)24-21(26)13-12-20(25)18-8-4-15(2)5-9-18/h4-11,14H,3,12-13H2,1-2H3,(H,23,24,26). The van der Waals surface area contributed by atoms with Crippen LogP contribution in [0.1, 0.15) is 41.3 Å². The van der Waals surface area contributed by atoms with Crippen molar-refractivity contribution in [3.8, 4) is 11.3 Å². The number of nitrogens with zero attached hydrogens (tertiary/aromatic N) is 1. The minimum absolute atomic E-state index is 0.0269. The molecule has 0 aliphatic carbocycles. The number of aromatic nitrogens is 1. The lowest BCUT2D eigenvalue weighted by Crippen LogP contribution is -2.13. The summed E-state index contributed by atoms with van der Waals surface area (Å²) in [5.74, 6) is -0.223. The van der Waals surface area contributed by atoms with E-state index in [4.69, 9.17) is 0 Å². The van der Waals surface area contributed by atoms with Crippen molar-refractivity contribution < 1.29 is 9.59 Å². The number of amides is 1. The van der Waals surface area contributed by atoms with E-state index in [1.165, 1.54) is 16.9 Å². The number of nitrogens with one attached hydrogen (secondary N) is 1. The maximum Gasteiger partial charge on any atom is 0.226 e. The Morgan fingerprint density at radius 1 is 1.00 bits per heavy atom. The summed E-state index contributed by atoms with van der Waals surface area (Å²) in [6.07, 6.45) is 1.33. The number of hydrogen-bond acceptors (Lipinski definition) is 4. The van der Waals surface area contributed by atoms with E-state index in [-0.39, 0.29) is 24.5 Å². The topological polar surface area (TPSA) is 59.1 Å². The number of benzene rings is 2. The van der Waals surface area contributed by atoms with Gasteiger partial charge in [0.15, 0.2) is 10.9 Å². The lowest BCUT2D eigenvalue weighted by molar-refractivity contribution is -0.116. The molecule has 2 aromatic carbocycles. The van der Waals surface area contributed by atoms with E-state index in [0.29, 0.717) is 10.7 Å². The summed E-state index contributed by atoms with van der Waals surface area (Å²) in [4.78, 5) is 28.8. The molecule has 0 fully saturated rings. The SMILES string of the molecule is CCc1ccc(-c2csc(NC(=O)CCC(=O)c3ccc(C)cc3)n2)cc1. The fourth-order valence-corrected chi connectivity index (χ4v) is 3.40. The van der Waals surface area contributed by atoms with Gasteiger partial charge in [-0.05, 0) is 18.9 Å². The predicted octanol–water partition coefficient (Wildman–Crippen LogP) is 5.28. The Hall–Kier alpha value is -2.79. The van der Waals surface area contributed by atoms with Crippen molar-refractivity contribution in [3.05, 3.63) is 70.6 Å². The minimum Gasteiger partial charge on any atom is -0.302 e. The lowest BCUT2D eigenvalue weighted by atomic mass is 10.1. The van der Waals surface area contributed by atoms with Crippen LogP contribution in [0.5, 0.6) is 0 Å². The Morgan fingerprint density at radius 2 is 1.70 bits per heavy atom. The van der Waals surface area contributed by atoms with Crippen LogP contribution in [-0.2, 0) is 11.2 Å². The van der Waals surface area contributed by atoms with Gasteiger partial charge in [0.1, 0.15) is 0 Å². The number of anilines is 1. The van der Waals surface area contributed by atoms with Gasteiger partial charge < -0.3 is 5.32 Å². The molecule has 1 N–H and O–H groups in total. The number of Topliss-reactive ketones (excluding diaryl/α,β-unsaturated/α-hetero) is 1. The van der Waals surface area contributed by atoms with Crippen molar-refractivity contribution in [2.75, 3.05) is 5.32 Å². The van der Waals surface area contributed by atoms with E-state index in [0.717, 1.165) is 23.2 Å². The Balaban J connectivity index is 1.54. The van der Waals surface area contributed by atoms with Crippen molar-refractivity contribution in [2.24, 2.45) is 0 Å². The molecule has 0 atom stereocenters. The number of rotatable bonds is 7. The maximum atomic E-state index is 12.2. The monoisotopic (exact) mass is 378 g/mol. The van der Waals surface area contributed by atoms with Crippen LogP contribution >= 0.6 is 11.3 Å². The highest BCUT2D eigenvalue weighted by atomic mass is 32.1. The summed E-state index contributed by atoms with van der Waals surface area (Å²) in [6.45, 7) is 4.09. The average Bonchev–Trinajstić information content (AvgIpc) is 3.15. The molecule has 0 saturated carbocycles. The molecule has 0 saturated heterocycles. The highest BCUT2D eigenvalue weighted by Crippen LogP contribution is 2.25. The molecule has 3 aromatic rings. The summed E-state index contributed by atoms with van der Waals surface area (Å²) in [7, 11) is 0. The van der Waals surface area contributed by atoms with Crippen LogP contribution in [-0.4, -0.2) is 16.7 Å². The smallest absolute Gasteiger partial charge is 0.226 e. The third kappa shape index (κ3) is 5.11. The zero-order valence-electron chi connectivity index (χ0n) is 15.5. The second-order valence-corrected chi connectivity index (χ2v) is 7.28. The summed E-state index contributed by atoms with van der Waals surface area (Å²) < 4.78 is 0. The van der Waals surface area contributed by atoms with Crippen LogP contribution in [0, 0.1) is 6.92 Å². The molecule has 0 aliphatic rings. The van der Waals surface area contributed by atoms with Gasteiger partial charge in [0.2, 0.25) is 5.91 Å². The van der Waals surface area contributed by atoms with E-state index in [1.54, 1.807) is 12.1 Å². The Labute approximate surface area is 163 Å². The molecule has 5 heteroatoms. The predicted molar refractivity (Wildman–Crippen MR) is 110 cm³/mol. The second-order valence-electron chi connectivity index (χ2n) is 6.43. The normalized spacial score (nSPS) is 10.6. The average molecular weight is 378 g/mol. The van der Waals surface area contributed by atoms with Crippen LogP contribution in [0.15, 0.2) is 53.9 Å². The van der Waals surface area contributed by atoms with Crippen molar-refractivity contribution >= 4 is 28.2 Å². The minimum atomic E-state index is -0.197. The summed E-state index contributed by atoms with van der Waals surface area (Å²) in [5, 5.41) is 5.26. The fraction of sp³-hybridized carbons (Fsp3) is 0.227. The first-order valence-electron chi connectivity index (χ1n) is 8.99. The maximum absolute atomic E-state index is 12.2. The molecule has 0 aliphatic heterocycles. The molecule has 138 valence electrons. The first-order chi connectivity index (χ1) is 13.0.